The lowest BCUT2D eigenvalue weighted by atomic mass is 10.2. The van der Waals surface area contributed by atoms with E-state index < -0.39 is 0 Å². The van der Waals surface area contributed by atoms with Crippen molar-refractivity contribution in [2.75, 3.05) is 6.54 Å². The predicted molar refractivity (Wildman–Crippen MR) is 100 cm³/mol. The number of carbonyl (C=O) groups is 1. The number of aryl methyl sites for hydroxylation is 3. The molecule has 0 radical (unpaired) electrons. The molecule has 0 unspecified atom stereocenters. The van der Waals surface area contributed by atoms with Crippen LogP contribution in [0.25, 0.3) is 6.08 Å². The Hall–Kier alpha value is -2.08. The lowest BCUT2D eigenvalue weighted by Crippen LogP contribution is -2.23. The summed E-state index contributed by atoms with van der Waals surface area (Å²) in [5.74, 6) is 0.319. The van der Waals surface area contributed by atoms with Gasteiger partial charge in [0.1, 0.15) is 5.15 Å². The van der Waals surface area contributed by atoms with E-state index in [9.17, 15) is 4.79 Å². The molecule has 0 fully saturated rings. The summed E-state index contributed by atoms with van der Waals surface area (Å²) < 4.78 is 3.66. The van der Waals surface area contributed by atoms with E-state index in [1.165, 1.54) is 6.08 Å². The Morgan fingerprint density at radius 1 is 1.40 bits per heavy atom. The van der Waals surface area contributed by atoms with Crippen molar-refractivity contribution in [3.63, 3.8) is 0 Å². The molecule has 2 rings (SSSR count). The smallest absolute Gasteiger partial charge is 0.244 e. The van der Waals surface area contributed by atoms with Crippen molar-refractivity contribution in [2.24, 2.45) is 5.92 Å². The minimum atomic E-state index is -0.135. The Balaban J connectivity index is 1.82. The van der Waals surface area contributed by atoms with Crippen LogP contribution in [-0.4, -0.2) is 32.0 Å². The molecule has 0 aliphatic rings. The zero-order valence-corrected chi connectivity index (χ0v) is 16.0. The largest absolute Gasteiger partial charge is 0.352 e. The van der Waals surface area contributed by atoms with Crippen LogP contribution < -0.4 is 5.32 Å². The Kier molecular flexibility index (Phi) is 6.82. The molecule has 7 heteroatoms. The highest BCUT2D eigenvalue weighted by Crippen LogP contribution is 2.22. The summed E-state index contributed by atoms with van der Waals surface area (Å²) in [6.07, 6.45) is 7.88. The van der Waals surface area contributed by atoms with Crippen molar-refractivity contribution in [1.82, 2.24) is 24.9 Å². The molecule has 0 atom stereocenters. The van der Waals surface area contributed by atoms with Gasteiger partial charge in [0, 0.05) is 37.5 Å². The second-order valence-electron chi connectivity index (χ2n) is 6.62. The van der Waals surface area contributed by atoms with Crippen molar-refractivity contribution in [3.8, 4) is 0 Å². The van der Waals surface area contributed by atoms with Crippen molar-refractivity contribution in [3.05, 3.63) is 40.4 Å². The van der Waals surface area contributed by atoms with Crippen molar-refractivity contribution < 1.29 is 4.79 Å². The van der Waals surface area contributed by atoms with Crippen LogP contribution in [0.5, 0.6) is 0 Å². The van der Waals surface area contributed by atoms with Gasteiger partial charge in [-0.3, -0.25) is 14.2 Å². The van der Waals surface area contributed by atoms with E-state index in [-0.39, 0.29) is 5.91 Å². The van der Waals surface area contributed by atoms with Gasteiger partial charge in [0.25, 0.3) is 0 Å². The van der Waals surface area contributed by atoms with E-state index >= 15 is 0 Å². The molecule has 0 aromatic carbocycles. The third-order valence-electron chi connectivity index (χ3n) is 3.67. The second-order valence-corrected chi connectivity index (χ2v) is 6.98. The second kappa shape index (κ2) is 8.85. The van der Waals surface area contributed by atoms with Gasteiger partial charge < -0.3 is 5.32 Å². The van der Waals surface area contributed by atoms with Gasteiger partial charge in [-0.15, -0.1) is 0 Å². The molecule has 6 nitrogen and oxygen atoms in total. The van der Waals surface area contributed by atoms with Gasteiger partial charge in [0.2, 0.25) is 5.91 Å². The Morgan fingerprint density at radius 2 is 2.16 bits per heavy atom. The maximum Gasteiger partial charge on any atom is 0.244 e. The summed E-state index contributed by atoms with van der Waals surface area (Å²) in [6.45, 7) is 10.3. The highest BCUT2D eigenvalue weighted by molar-refractivity contribution is 6.31. The first-order chi connectivity index (χ1) is 11.9. The predicted octanol–water partition coefficient (Wildman–Crippen LogP) is 3.23. The molecule has 0 aliphatic heterocycles. The topological polar surface area (TPSA) is 64.7 Å². The minimum Gasteiger partial charge on any atom is -0.352 e. The average Bonchev–Trinajstić information content (AvgIpc) is 3.06. The highest BCUT2D eigenvalue weighted by Gasteiger charge is 2.12. The zero-order valence-electron chi connectivity index (χ0n) is 15.3. The standard InChI is InChI=1S/C18H26ClN5O/c1-13(2)11-24-18(19)16(15(4)22-24)6-7-17(25)20-8-5-9-23-12-14(3)10-21-23/h6-7,10,12-13H,5,8-9,11H2,1-4H3,(H,20,25)/b7-6+. The number of amides is 1. The number of hydrogen-bond acceptors (Lipinski definition) is 3. The first kappa shape index (κ1) is 19.2. The fraction of sp³-hybridized carbons (Fsp3) is 0.500. The molecule has 0 spiro atoms. The molecule has 2 aromatic heterocycles. The number of nitrogens with zero attached hydrogens (tertiary/aromatic N) is 4. The number of hydrogen-bond donors (Lipinski definition) is 1. The highest BCUT2D eigenvalue weighted by atomic mass is 35.5. The minimum absolute atomic E-state index is 0.135. The fourth-order valence-corrected chi connectivity index (χ4v) is 2.79. The normalized spacial score (nSPS) is 11.6. The first-order valence-electron chi connectivity index (χ1n) is 8.54. The summed E-state index contributed by atoms with van der Waals surface area (Å²) in [7, 11) is 0. The molecule has 0 saturated heterocycles. The molecule has 0 saturated carbocycles. The lowest BCUT2D eigenvalue weighted by molar-refractivity contribution is -0.116. The van der Waals surface area contributed by atoms with Gasteiger partial charge in [-0.1, -0.05) is 25.4 Å². The van der Waals surface area contributed by atoms with Crippen LogP contribution in [0.1, 0.15) is 37.1 Å². The van der Waals surface area contributed by atoms with Gasteiger partial charge in [0.15, 0.2) is 0 Å². The van der Waals surface area contributed by atoms with E-state index in [0.29, 0.717) is 17.6 Å². The van der Waals surface area contributed by atoms with Gasteiger partial charge in [-0.05, 0) is 37.8 Å². The van der Waals surface area contributed by atoms with Gasteiger partial charge in [-0.2, -0.15) is 10.2 Å². The molecular formula is C18H26ClN5O. The molecule has 136 valence electrons. The number of carbonyl (C=O) groups excluding carboxylic acids is 1. The maximum absolute atomic E-state index is 11.9. The van der Waals surface area contributed by atoms with Crippen molar-refractivity contribution in [2.45, 2.75) is 47.2 Å². The van der Waals surface area contributed by atoms with Crippen LogP contribution in [0, 0.1) is 19.8 Å². The van der Waals surface area contributed by atoms with Crippen LogP contribution >= 0.6 is 11.6 Å². The number of nitrogens with one attached hydrogen (secondary N) is 1. The van der Waals surface area contributed by atoms with E-state index in [1.807, 2.05) is 30.9 Å². The molecule has 0 bridgehead atoms. The average molecular weight is 364 g/mol. The van der Waals surface area contributed by atoms with Crippen LogP contribution in [0.2, 0.25) is 5.15 Å². The van der Waals surface area contributed by atoms with Crippen LogP contribution in [-0.2, 0) is 17.9 Å². The molecule has 2 aromatic rings. The molecule has 2 heterocycles. The molecule has 1 N–H and O–H groups in total. The van der Waals surface area contributed by atoms with E-state index in [2.05, 4.69) is 29.4 Å². The number of halogens is 1. The van der Waals surface area contributed by atoms with Gasteiger partial charge >= 0.3 is 0 Å². The van der Waals surface area contributed by atoms with Gasteiger partial charge in [-0.25, -0.2) is 0 Å². The quantitative estimate of drug-likeness (QED) is 0.578. The molecule has 25 heavy (non-hydrogen) atoms. The molecule has 0 aliphatic carbocycles. The van der Waals surface area contributed by atoms with E-state index in [1.54, 1.807) is 10.8 Å². The summed E-state index contributed by atoms with van der Waals surface area (Å²) in [4.78, 5) is 11.9. The molecular weight excluding hydrogens is 338 g/mol. The van der Waals surface area contributed by atoms with E-state index in [0.717, 1.165) is 36.3 Å². The van der Waals surface area contributed by atoms with Gasteiger partial charge in [0.05, 0.1) is 11.9 Å². The Morgan fingerprint density at radius 3 is 2.80 bits per heavy atom. The third kappa shape index (κ3) is 5.74. The summed E-state index contributed by atoms with van der Waals surface area (Å²) >= 11 is 6.36. The fourth-order valence-electron chi connectivity index (χ4n) is 2.48. The van der Waals surface area contributed by atoms with Crippen molar-refractivity contribution >= 4 is 23.6 Å². The van der Waals surface area contributed by atoms with Crippen LogP contribution in [0.15, 0.2) is 18.5 Å². The maximum atomic E-state index is 11.9. The summed E-state index contributed by atoms with van der Waals surface area (Å²) in [5, 5.41) is 12.1. The Labute approximate surface area is 153 Å². The zero-order chi connectivity index (χ0) is 18.4. The number of aromatic nitrogens is 4. The van der Waals surface area contributed by atoms with Crippen LogP contribution in [0.3, 0.4) is 0 Å². The SMILES string of the molecule is Cc1cnn(CCCNC(=O)/C=C/c2c(C)nn(CC(C)C)c2Cl)c1. The van der Waals surface area contributed by atoms with Crippen molar-refractivity contribution in [1.29, 1.82) is 0 Å². The Bertz CT molecular complexity index is 745. The van der Waals surface area contributed by atoms with E-state index in [4.69, 9.17) is 11.6 Å². The lowest BCUT2D eigenvalue weighted by Gasteiger charge is -2.05. The first-order valence-corrected chi connectivity index (χ1v) is 8.92. The summed E-state index contributed by atoms with van der Waals surface area (Å²) in [5.41, 5.74) is 2.76. The molecule has 1 amide bonds. The number of rotatable bonds is 8. The summed E-state index contributed by atoms with van der Waals surface area (Å²) in [6, 6.07) is 0. The van der Waals surface area contributed by atoms with Crippen LogP contribution in [0.4, 0.5) is 0 Å². The third-order valence-corrected chi connectivity index (χ3v) is 4.07. The monoisotopic (exact) mass is 363 g/mol.